The molecule has 0 saturated carbocycles. The van der Waals surface area contributed by atoms with Gasteiger partial charge in [0.1, 0.15) is 24.7 Å². The fourth-order valence-electron chi connectivity index (χ4n) is 3.89. The Labute approximate surface area is 165 Å². The number of amides is 1. The third-order valence-electron chi connectivity index (χ3n) is 5.54. The number of piperidine rings is 1. The molecule has 5 nitrogen and oxygen atoms in total. The van der Waals surface area contributed by atoms with Crippen molar-refractivity contribution in [3.8, 4) is 5.75 Å². The number of carbonyl (C=O) groups is 1. The van der Waals surface area contributed by atoms with Crippen LogP contribution in [0.2, 0.25) is 0 Å². The molecule has 3 aromatic rings. The van der Waals surface area contributed by atoms with E-state index in [2.05, 4.69) is 13.8 Å². The predicted octanol–water partition coefficient (Wildman–Crippen LogP) is 4.32. The van der Waals surface area contributed by atoms with Gasteiger partial charge in [0, 0.05) is 12.6 Å². The maximum atomic E-state index is 13.0. The molecule has 28 heavy (non-hydrogen) atoms. The van der Waals surface area contributed by atoms with Crippen LogP contribution in [0.4, 0.5) is 0 Å². The molecule has 0 bridgehead atoms. The van der Waals surface area contributed by atoms with Crippen LogP contribution < -0.4 is 4.74 Å². The Balaban J connectivity index is 1.57. The van der Waals surface area contributed by atoms with Gasteiger partial charge in [0.25, 0.3) is 0 Å². The third kappa shape index (κ3) is 3.88. The van der Waals surface area contributed by atoms with Gasteiger partial charge in [-0.05, 0) is 57.4 Å². The number of hydrogen-bond acceptors (Lipinski definition) is 3. The van der Waals surface area contributed by atoms with Crippen LogP contribution in [0.25, 0.3) is 11.0 Å². The number of rotatable bonds is 5. The second kappa shape index (κ2) is 8.05. The van der Waals surface area contributed by atoms with Crippen molar-refractivity contribution >= 4 is 16.9 Å². The first-order valence-electron chi connectivity index (χ1n) is 10.0. The Bertz CT molecular complexity index is 962. The molecule has 4 rings (SSSR count). The minimum absolute atomic E-state index is 0.159. The van der Waals surface area contributed by atoms with Crippen molar-refractivity contribution in [2.45, 2.75) is 52.3 Å². The Hall–Kier alpha value is -2.82. The van der Waals surface area contributed by atoms with Crippen molar-refractivity contribution in [2.24, 2.45) is 0 Å². The van der Waals surface area contributed by atoms with Gasteiger partial charge < -0.3 is 14.2 Å². The second-order valence-corrected chi connectivity index (χ2v) is 7.64. The number of ether oxygens (including phenoxy) is 1. The quantitative estimate of drug-likeness (QED) is 0.665. The van der Waals surface area contributed by atoms with Crippen LogP contribution in [0.3, 0.4) is 0 Å². The third-order valence-corrected chi connectivity index (χ3v) is 5.54. The van der Waals surface area contributed by atoms with E-state index in [1.54, 1.807) is 0 Å². The van der Waals surface area contributed by atoms with E-state index in [0.717, 1.165) is 42.0 Å². The number of carbonyl (C=O) groups excluding carboxylic acids is 1. The molecule has 1 amide bonds. The zero-order valence-corrected chi connectivity index (χ0v) is 16.6. The molecule has 0 spiro atoms. The molecule has 0 radical (unpaired) electrons. The first-order valence-corrected chi connectivity index (χ1v) is 10.0. The average Bonchev–Trinajstić information content (AvgIpc) is 3.05. The van der Waals surface area contributed by atoms with E-state index in [1.165, 1.54) is 12.0 Å². The summed E-state index contributed by atoms with van der Waals surface area (Å²) in [4.78, 5) is 19.8. The Kier molecular flexibility index (Phi) is 5.33. The normalized spacial score (nSPS) is 17.1. The number of imidazole rings is 1. The highest BCUT2D eigenvalue weighted by Crippen LogP contribution is 2.21. The highest BCUT2D eigenvalue weighted by molar-refractivity contribution is 5.81. The summed E-state index contributed by atoms with van der Waals surface area (Å²) in [7, 11) is 0. The molecular weight excluding hydrogens is 350 g/mol. The lowest BCUT2D eigenvalue weighted by Gasteiger charge is -2.33. The van der Waals surface area contributed by atoms with Crippen molar-refractivity contribution in [3.05, 3.63) is 59.9 Å². The summed E-state index contributed by atoms with van der Waals surface area (Å²) in [6, 6.07) is 16.2. The molecule has 0 unspecified atom stereocenters. The van der Waals surface area contributed by atoms with Crippen LogP contribution in [-0.4, -0.2) is 32.9 Å². The van der Waals surface area contributed by atoms with Gasteiger partial charge in [-0.1, -0.05) is 29.8 Å². The molecule has 0 aliphatic carbocycles. The molecule has 2 heterocycles. The van der Waals surface area contributed by atoms with Crippen LogP contribution >= 0.6 is 0 Å². The van der Waals surface area contributed by atoms with Crippen LogP contribution in [0.5, 0.6) is 5.75 Å². The van der Waals surface area contributed by atoms with Gasteiger partial charge in [-0.3, -0.25) is 4.79 Å². The van der Waals surface area contributed by atoms with E-state index in [9.17, 15) is 4.79 Å². The highest BCUT2D eigenvalue weighted by Gasteiger charge is 2.24. The highest BCUT2D eigenvalue weighted by atomic mass is 16.5. The minimum Gasteiger partial charge on any atom is -0.486 e. The smallest absolute Gasteiger partial charge is 0.242 e. The summed E-state index contributed by atoms with van der Waals surface area (Å²) in [5, 5.41) is 0. The van der Waals surface area contributed by atoms with Crippen LogP contribution in [0.1, 0.15) is 37.6 Å². The van der Waals surface area contributed by atoms with Crippen LogP contribution in [-0.2, 0) is 17.9 Å². The van der Waals surface area contributed by atoms with E-state index in [4.69, 9.17) is 9.72 Å². The zero-order valence-electron chi connectivity index (χ0n) is 16.6. The molecule has 0 N–H and O–H groups in total. The van der Waals surface area contributed by atoms with Gasteiger partial charge in [-0.25, -0.2) is 4.98 Å². The SMILES string of the molecule is Cc1ccc(OCc2nc3ccccc3n2CC(=O)N2CCCC[C@@H]2C)cc1. The van der Waals surface area contributed by atoms with E-state index in [1.807, 2.05) is 58.0 Å². The summed E-state index contributed by atoms with van der Waals surface area (Å²) in [6.45, 7) is 5.68. The average molecular weight is 377 g/mol. The molecule has 1 aliphatic heterocycles. The van der Waals surface area contributed by atoms with E-state index < -0.39 is 0 Å². The number of fused-ring (bicyclic) bond motifs is 1. The maximum absolute atomic E-state index is 13.0. The molecule has 1 fully saturated rings. The summed E-state index contributed by atoms with van der Waals surface area (Å²) in [6.07, 6.45) is 3.37. The van der Waals surface area contributed by atoms with Crippen LogP contribution in [0.15, 0.2) is 48.5 Å². The van der Waals surface area contributed by atoms with E-state index >= 15 is 0 Å². The first kappa shape index (κ1) is 18.5. The number of para-hydroxylation sites is 2. The Morgan fingerprint density at radius 1 is 1.14 bits per heavy atom. The van der Waals surface area contributed by atoms with Gasteiger partial charge in [-0.2, -0.15) is 0 Å². The fraction of sp³-hybridized carbons (Fsp3) is 0.391. The summed E-state index contributed by atoms with van der Waals surface area (Å²) < 4.78 is 7.96. The van der Waals surface area contributed by atoms with E-state index in [0.29, 0.717) is 19.2 Å². The molecule has 5 heteroatoms. The second-order valence-electron chi connectivity index (χ2n) is 7.64. The number of likely N-dealkylation sites (tertiary alicyclic amines) is 1. The maximum Gasteiger partial charge on any atom is 0.242 e. The number of nitrogens with zero attached hydrogens (tertiary/aromatic N) is 3. The summed E-state index contributed by atoms with van der Waals surface area (Å²) in [5.74, 6) is 1.74. The molecule has 2 aromatic carbocycles. The fourth-order valence-corrected chi connectivity index (χ4v) is 3.89. The Morgan fingerprint density at radius 2 is 1.93 bits per heavy atom. The summed E-state index contributed by atoms with van der Waals surface area (Å²) in [5.41, 5.74) is 3.06. The predicted molar refractivity (Wildman–Crippen MR) is 110 cm³/mol. The number of aromatic nitrogens is 2. The molecule has 1 saturated heterocycles. The largest absolute Gasteiger partial charge is 0.486 e. The van der Waals surface area contributed by atoms with Crippen molar-refractivity contribution in [2.75, 3.05) is 6.54 Å². The molecule has 1 aromatic heterocycles. The lowest BCUT2D eigenvalue weighted by Crippen LogP contribution is -2.43. The zero-order chi connectivity index (χ0) is 19.5. The number of benzene rings is 2. The van der Waals surface area contributed by atoms with Gasteiger partial charge in [0.2, 0.25) is 5.91 Å². The molecule has 1 atom stereocenters. The first-order chi connectivity index (χ1) is 13.6. The van der Waals surface area contributed by atoms with Crippen molar-refractivity contribution in [1.29, 1.82) is 0 Å². The molecule has 1 aliphatic rings. The van der Waals surface area contributed by atoms with Gasteiger partial charge in [0.05, 0.1) is 11.0 Å². The molecule has 146 valence electrons. The Morgan fingerprint density at radius 3 is 2.71 bits per heavy atom. The van der Waals surface area contributed by atoms with Crippen molar-refractivity contribution in [3.63, 3.8) is 0 Å². The molecular formula is C23H27N3O2. The lowest BCUT2D eigenvalue weighted by atomic mass is 10.0. The minimum atomic E-state index is 0.159. The number of hydrogen-bond donors (Lipinski definition) is 0. The monoisotopic (exact) mass is 377 g/mol. The van der Waals surface area contributed by atoms with E-state index in [-0.39, 0.29) is 5.91 Å². The number of aryl methyl sites for hydroxylation is 1. The topological polar surface area (TPSA) is 47.4 Å². The van der Waals surface area contributed by atoms with Gasteiger partial charge in [0.15, 0.2) is 0 Å². The lowest BCUT2D eigenvalue weighted by molar-refractivity contribution is -0.135. The van der Waals surface area contributed by atoms with Gasteiger partial charge in [-0.15, -0.1) is 0 Å². The summed E-state index contributed by atoms with van der Waals surface area (Å²) >= 11 is 0. The van der Waals surface area contributed by atoms with Crippen molar-refractivity contribution in [1.82, 2.24) is 14.5 Å². The van der Waals surface area contributed by atoms with Gasteiger partial charge >= 0.3 is 0 Å². The van der Waals surface area contributed by atoms with Crippen LogP contribution in [0, 0.1) is 6.92 Å². The standard InChI is InChI=1S/C23H27N3O2/c1-17-10-12-19(13-11-17)28-16-22-24-20-8-3-4-9-21(20)26(22)15-23(27)25-14-6-5-7-18(25)2/h3-4,8-13,18H,5-7,14-16H2,1-2H3/t18-/m0/s1. The van der Waals surface area contributed by atoms with Crippen molar-refractivity contribution < 1.29 is 9.53 Å².